The zero-order chi connectivity index (χ0) is 15.3. The highest BCUT2D eigenvalue weighted by Crippen LogP contribution is 2.34. The Kier molecular flexibility index (Phi) is 3.24. The third-order valence-corrected chi connectivity index (χ3v) is 4.68. The Hall–Kier alpha value is -1.77. The van der Waals surface area contributed by atoms with Gasteiger partial charge in [-0.25, -0.2) is 0 Å². The monoisotopic (exact) mass is 369 g/mol. The Morgan fingerprint density at radius 3 is 2.36 bits per heavy atom. The summed E-state index contributed by atoms with van der Waals surface area (Å²) in [6, 6.07) is 21.0. The predicted octanol–water partition coefficient (Wildman–Crippen LogP) is 6.51. The molecule has 3 heteroatoms. The fourth-order valence-electron chi connectivity index (χ4n) is 3.00. The van der Waals surface area contributed by atoms with Gasteiger partial charge in [-0.3, -0.25) is 0 Å². The fraction of sp³-hybridized carbons (Fsp3) is 0.0526. The molecule has 0 fully saturated rings. The molecule has 1 aromatic heterocycles. The summed E-state index contributed by atoms with van der Waals surface area (Å²) in [5, 5.41) is 3.25. The van der Waals surface area contributed by atoms with Crippen molar-refractivity contribution < 1.29 is 0 Å². The van der Waals surface area contributed by atoms with E-state index < -0.39 is 0 Å². The molecule has 0 amide bonds. The number of rotatable bonds is 1. The van der Waals surface area contributed by atoms with Gasteiger partial charge in [0.25, 0.3) is 0 Å². The van der Waals surface area contributed by atoms with Gasteiger partial charge in [0.2, 0.25) is 0 Å². The first-order chi connectivity index (χ1) is 10.6. The molecule has 0 radical (unpaired) electrons. The molecule has 3 aromatic carbocycles. The maximum Gasteiger partial charge on any atom is 0.0552 e. The molecule has 0 aliphatic carbocycles. The lowest BCUT2D eigenvalue weighted by atomic mass is 10.1. The molecule has 0 saturated carbocycles. The van der Waals surface area contributed by atoms with Gasteiger partial charge in [-0.05, 0) is 48.9 Å². The van der Waals surface area contributed by atoms with Crippen molar-refractivity contribution in [2.75, 3.05) is 0 Å². The summed E-state index contributed by atoms with van der Waals surface area (Å²) >= 11 is 9.79. The second-order valence-electron chi connectivity index (χ2n) is 5.50. The molecule has 0 unspecified atom stereocenters. The van der Waals surface area contributed by atoms with E-state index in [2.05, 4.69) is 69.9 Å². The second-order valence-corrected chi connectivity index (χ2v) is 6.85. The van der Waals surface area contributed by atoms with Crippen molar-refractivity contribution in [1.29, 1.82) is 0 Å². The molecule has 108 valence electrons. The molecule has 1 heterocycles. The number of aryl methyl sites for hydroxylation is 1. The molecule has 4 rings (SSSR count). The van der Waals surface area contributed by atoms with E-state index in [9.17, 15) is 0 Å². The van der Waals surface area contributed by atoms with E-state index in [-0.39, 0.29) is 0 Å². The minimum absolute atomic E-state index is 0.746. The number of fused-ring (bicyclic) bond motifs is 3. The number of hydrogen-bond acceptors (Lipinski definition) is 0. The molecular weight excluding hydrogens is 358 g/mol. The zero-order valence-electron chi connectivity index (χ0n) is 12.0. The van der Waals surface area contributed by atoms with Gasteiger partial charge in [0.15, 0.2) is 0 Å². The van der Waals surface area contributed by atoms with E-state index in [1.54, 1.807) is 0 Å². The Morgan fingerprint density at radius 1 is 0.864 bits per heavy atom. The zero-order valence-corrected chi connectivity index (χ0v) is 14.3. The molecule has 0 bridgehead atoms. The molecule has 0 aliphatic heterocycles. The van der Waals surface area contributed by atoms with Crippen LogP contribution in [-0.4, -0.2) is 4.57 Å². The van der Waals surface area contributed by atoms with Crippen LogP contribution in [0.3, 0.4) is 0 Å². The topological polar surface area (TPSA) is 4.93 Å². The molecule has 0 spiro atoms. The summed E-state index contributed by atoms with van der Waals surface area (Å²) in [5.41, 5.74) is 4.71. The highest BCUT2D eigenvalue weighted by molar-refractivity contribution is 9.10. The standard InChI is InChI=1S/C19H13BrClN/c1-12-5-7-16-17-8-6-13(20)10-19(17)22(18(16)9-12)15-4-2-3-14(21)11-15/h2-11H,1H3. The summed E-state index contributed by atoms with van der Waals surface area (Å²) in [6.45, 7) is 2.12. The third kappa shape index (κ3) is 2.15. The smallest absolute Gasteiger partial charge is 0.0552 e. The molecule has 22 heavy (non-hydrogen) atoms. The van der Waals surface area contributed by atoms with Crippen molar-refractivity contribution in [2.24, 2.45) is 0 Å². The Morgan fingerprint density at radius 2 is 1.59 bits per heavy atom. The van der Waals surface area contributed by atoms with E-state index >= 15 is 0 Å². The Labute approximate surface area is 142 Å². The van der Waals surface area contributed by atoms with Crippen LogP contribution >= 0.6 is 27.5 Å². The van der Waals surface area contributed by atoms with Gasteiger partial charge >= 0.3 is 0 Å². The summed E-state index contributed by atoms with van der Waals surface area (Å²) in [4.78, 5) is 0. The van der Waals surface area contributed by atoms with Gasteiger partial charge in [0, 0.05) is 26.0 Å². The van der Waals surface area contributed by atoms with Gasteiger partial charge < -0.3 is 4.57 Å². The number of halogens is 2. The molecule has 0 saturated heterocycles. The van der Waals surface area contributed by atoms with Crippen molar-refractivity contribution in [2.45, 2.75) is 6.92 Å². The molecule has 0 N–H and O–H groups in total. The maximum atomic E-state index is 6.20. The van der Waals surface area contributed by atoms with Crippen molar-refractivity contribution in [3.63, 3.8) is 0 Å². The van der Waals surface area contributed by atoms with E-state index in [1.165, 1.54) is 27.4 Å². The average Bonchev–Trinajstić information content (AvgIpc) is 2.79. The van der Waals surface area contributed by atoms with Crippen LogP contribution in [0.2, 0.25) is 5.02 Å². The number of nitrogens with zero attached hydrogens (tertiary/aromatic N) is 1. The number of aromatic nitrogens is 1. The van der Waals surface area contributed by atoms with Crippen molar-refractivity contribution >= 4 is 49.3 Å². The predicted molar refractivity (Wildman–Crippen MR) is 98.2 cm³/mol. The van der Waals surface area contributed by atoms with Crippen molar-refractivity contribution in [3.05, 3.63) is 75.7 Å². The van der Waals surface area contributed by atoms with Crippen LogP contribution in [0.15, 0.2) is 65.1 Å². The van der Waals surface area contributed by atoms with Crippen LogP contribution in [0.4, 0.5) is 0 Å². The minimum Gasteiger partial charge on any atom is -0.309 e. The van der Waals surface area contributed by atoms with Crippen molar-refractivity contribution in [3.8, 4) is 5.69 Å². The molecular formula is C19H13BrClN. The Bertz CT molecular complexity index is 957. The summed E-state index contributed by atoms with van der Waals surface area (Å²) in [6.07, 6.45) is 0. The van der Waals surface area contributed by atoms with Crippen LogP contribution in [0, 0.1) is 6.92 Å². The van der Waals surface area contributed by atoms with Crippen LogP contribution < -0.4 is 0 Å². The van der Waals surface area contributed by atoms with Crippen molar-refractivity contribution in [1.82, 2.24) is 4.57 Å². The lowest BCUT2D eigenvalue weighted by Gasteiger charge is -2.08. The minimum atomic E-state index is 0.746. The van der Waals surface area contributed by atoms with Crippen LogP contribution in [-0.2, 0) is 0 Å². The van der Waals surface area contributed by atoms with E-state index in [4.69, 9.17) is 11.6 Å². The quantitative estimate of drug-likeness (QED) is 0.360. The normalized spacial score (nSPS) is 11.4. The summed E-state index contributed by atoms with van der Waals surface area (Å²) in [5.74, 6) is 0. The highest BCUT2D eigenvalue weighted by Gasteiger charge is 2.12. The van der Waals surface area contributed by atoms with Gasteiger partial charge in [-0.1, -0.05) is 51.8 Å². The van der Waals surface area contributed by atoms with Gasteiger partial charge in [-0.15, -0.1) is 0 Å². The fourth-order valence-corrected chi connectivity index (χ4v) is 3.53. The van der Waals surface area contributed by atoms with Gasteiger partial charge in [0.1, 0.15) is 0 Å². The van der Waals surface area contributed by atoms with Crippen LogP contribution in [0.1, 0.15) is 5.56 Å². The largest absolute Gasteiger partial charge is 0.309 e. The average molecular weight is 371 g/mol. The van der Waals surface area contributed by atoms with Crippen LogP contribution in [0.25, 0.3) is 27.5 Å². The van der Waals surface area contributed by atoms with Gasteiger partial charge in [-0.2, -0.15) is 0 Å². The third-order valence-electron chi connectivity index (χ3n) is 3.95. The number of benzene rings is 3. The molecule has 4 aromatic rings. The highest BCUT2D eigenvalue weighted by atomic mass is 79.9. The van der Waals surface area contributed by atoms with E-state index in [0.29, 0.717) is 0 Å². The lowest BCUT2D eigenvalue weighted by molar-refractivity contribution is 1.18. The lowest BCUT2D eigenvalue weighted by Crippen LogP contribution is -1.93. The first-order valence-corrected chi connectivity index (χ1v) is 8.27. The number of hydrogen-bond donors (Lipinski definition) is 0. The molecule has 1 nitrogen and oxygen atoms in total. The second kappa shape index (κ2) is 5.15. The first-order valence-electron chi connectivity index (χ1n) is 7.10. The van der Waals surface area contributed by atoms with Gasteiger partial charge in [0.05, 0.1) is 11.0 Å². The van der Waals surface area contributed by atoms with Crippen LogP contribution in [0.5, 0.6) is 0 Å². The van der Waals surface area contributed by atoms with E-state index in [0.717, 1.165) is 15.2 Å². The summed E-state index contributed by atoms with van der Waals surface area (Å²) < 4.78 is 3.34. The maximum absolute atomic E-state index is 6.20. The van der Waals surface area contributed by atoms with E-state index in [1.807, 2.05) is 18.2 Å². The Balaban J connectivity index is 2.22. The molecule has 0 atom stereocenters. The first kappa shape index (κ1) is 13.9. The summed E-state index contributed by atoms with van der Waals surface area (Å²) in [7, 11) is 0. The molecule has 0 aliphatic rings. The SMILES string of the molecule is Cc1ccc2c3ccc(Br)cc3n(-c3cccc(Cl)c3)c2c1.